The Morgan fingerprint density at radius 2 is 1.85 bits per heavy atom. The Morgan fingerprint density at radius 3 is 2.23 bits per heavy atom. The number of alkyl halides is 1. The molecule has 0 radical (unpaired) electrons. The molecule has 0 aromatic rings. The van der Waals surface area contributed by atoms with Gasteiger partial charge in [-0.1, -0.05) is 27.7 Å². The van der Waals surface area contributed by atoms with Crippen LogP contribution in [0.5, 0.6) is 0 Å². The summed E-state index contributed by atoms with van der Waals surface area (Å²) < 4.78 is 13.7. The lowest BCUT2D eigenvalue weighted by Gasteiger charge is -2.43. The largest absolute Gasteiger partial charge is 0.244 e. The molecule has 3 atom stereocenters. The van der Waals surface area contributed by atoms with E-state index in [0.29, 0.717) is 17.3 Å². The van der Waals surface area contributed by atoms with Crippen LogP contribution in [-0.2, 0) is 0 Å². The molecule has 0 heterocycles. The van der Waals surface area contributed by atoms with Crippen molar-refractivity contribution in [3.05, 3.63) is 0 Å². The second-order valence-corrected chi connectivity index (χ2v) is 6.11. The summed E-state index contributed by atoms with van der Waals surface area (Å²) in [6.45, 7) is 10.8. The minimum absolute atomic E-state index is 0.343. The van der Waals surface area contributed by atoms with Crippen LogP contribution in [0.4, 0.5) is 4.39 Å². The highest BCUT2D eigenvalue weighted by Gasteiger charge is 2.40. The predicted molar refractivity (Wildman–Crippen MR) is 55.5 cm³/mol. The summed E-state index contributed by atoms with van der Waals surface area (Å²) >= 11 is 0. The van der Waals surface area contributed by atoms with Gasteiger partial charge in [0, 0.05) is 0 Å². The zero-order valence-electron chi connectivity index (χ0n) is 9.65. The number of halogens is 1. The van der Waals surface area contributed by atoms with Crippen molar-refractivity contribution in [1.29, 1.82) is 0 Å². The lowest BCUT2D eigenvalue weighted by atomic mass is 9.64. The zero-order chi connectivity index (χ0) is 10.3. The van der Waals surface area contributed by atoms with Gasteiger partial charge in [0.15, 0.2) is 0 Å². The Balaban J connectivity index is 2.64. The summed E-state index contributed by atoms with van der Waals surface area (Å²) in [4.78, 5) is 0. The Labute approximate surface area is 81.9 Å². The van der Waals surface area contributed by atoms with Crippen LogP contribution in [0.15, 0.2) is 0 Å². The third-order valence-corrected chi connectivity index (χ3v) is 3.52. The van der Waals surface area contributed by atoms with Crippen molar-refractivity contribution in [3.8, 4) is 0 Å². The van der Waals surface area contributed by atoms with E-state index in [1.165, 1.54) is 0 Å². The molecule has 1 rings (SSSR count). The molecule has 1 aliphatic carbocycles. The number of rotatable bonds is 0. The van der Waals surface area contributed by atoms with Crippen LogP contribution in [0.1, 0.15) is 53.9 Å². The summed E-state index contributed by atoms with van der Waals surface area (Å²) in [5.41, 5.74) is -0.558. The van der Waals surface area contributed by atoms with E-state index in [2.05, 4.69) is 27.7 Å². The molecule has 0 amide bonds. The maximum atomic E-state index is 13.7. The van der Waals surface area contributed by atoms with E-state index in [-0.39, 0.29) is 0 Å². The maximum absolute atomic E-state index is 13.7. The third-order valence-electron chi connectivity index (χ3n) is 3.52. The highest BCUT2D eigenvalue weighted by Crippen LogP contribution is 2.46. The van der Waals surface area contributed by atoms with Gasteiger partial charge in [0.2, 0.25) is 0 Å². The molecule has 0 spiro atoms. The van der Waals surface area contributed by atoms with E-state index in [1.54, 1.807) is 6.92 Å². The van der Waals surface area contributed by atoms with Gasteiger partial charge >= 0.3 is 0 Å². The minimum atomic E-state index is -0.902. The molecular formula is C12H23F. The minimum Gasteiger partial charge on any atom is -0.244 e. The topological polar surface area (TPSA) is 0 Å². The third kappa shape index (κ3) is 2.69. The quantitative estimate of drug-likeness (QED) is 0.532. The van der Waals surface area contributed by atoms with Crippen LogP contribution >= 0.6 is 0 Å². The standard InChI is InChI=1S/C12H23F/c1-9-8-12(5,13)7-6-10(9)11(2,3)4/h9-10H,6-8H2,1-5H3. The summed E-state index contributed by atoms with van der Waals surface area (Å²) in [7, 11) is 0. The molecular weight excluding hydrogens is 163 g/mol. The number of hydrogen-bond acceptors (Lipinski definition) is 0. The van der Waals surface area contributed by atoms with Gasteiger partial charge in [0.05, 0.1) is 0 Å². The van der Waals surface area contributed by atoms with Crippen LogP contribution in [0.3, 0.4) is 0 Å². The van der Waals surface area contributed by atoms with E-state index in [1.807, 2.05) is 0 Å². The average molecular weight is 186 g/mol. The van der Waals surface area contributed by atoms with E-state index >= 15 is 0 Å². The fraction of sp³-hybridized carbons (Fsp3) is 1.00. The van der Waals surface area contributed by atoms with Gasteiger partial charge in [-0.15, -0.1) is 0 Å². The molecule has 1 aliphatic rings. The zero-order valence-corrected chi connectivity index (χ0v) is 9.65. The molecule has 1 fully saturated rings. The summed E-state index contributed by atoms with van der Waals surface area (Å²) in [5, 5.41) is 0. The Kier molecular flexibility index (Phi) is 2.75. The molecule has 3 unspecified atom stereocenters. The smallest absolute Gasteiger partial charge is 0.108 e. The van der Waals surface area contributed by atoms with Crippen LogP contribution < -0.4 is 0 Å². The van der Waals surface area contributed by atoms with E-state index < -0.39 is 5.67 Å². The predicted octanol–water partition coefficient (Wildman–Crippen LogP) is 4.20. The molecule has 0 N–H and O–H groups in total. The van der Waals surface area contributed by atoms with Gasteiger partial charge in [-0.25, -0.2) is 4.39 Å². The molecule has 13 heavy (non-hydrogen) atoms. The summed E-state index contributed by atoms with van der Waals surface area (Å²) in [6.07, 6.45) is 2.55. The highest BCUT2D eigenvalue weighted by molar-refractivity contribution is 4.90. The average Bonchev–Trinajstić information content (AvgIpc) is 1.80. The molecule has 1 saturated carbocycles. The van der Waals surface area contributed by atoms with Crippen molar-refractivity contribution in [2.75, 3.05) is 0 Å². The van der Waals surface area contributed by atoms with Gasteiger partial charge in [-0.05, 0) is 43.4 Å². The van der Waals surface area contributed by atoms with Crippen molar-refractivity contribution in [2.45, 2.75) is 59.5 Å². The lowest BCUT2D eigenvalue weighted by Crippen LogP contribution is -2.37. The Hall–Kier alpha value is -0.0700. The fourth-order valence-electron chi connectivity index (χ4n) is 2.94. The lowest BCUT2D eigenvalue weighted by molar-refractivity contribution is 0.0208. The first kappa shape index (κ1) is 11.0. The van der Waals surface area contributed by atoms with Gasteiger partial charge in [0.25, 0.3) is 0 Å². The van der Waals surface area contributed by atoms with Crippen molar-refractivity contribution in [3.63, 3.8) is 0 Å². The van der Waals surface area contributed by atoms with Gasteiger partial charge in [0.1, 0.15) is 5.67 Å². The first-order valence-electron chi connectivity index (χ1n) is 5.41. The monoisotopic (exact) mass is 186 g/mol. The second kappa shape index (κ2) is 3.25. The SMILES string of the molecule is CC1CC(C)(F)CCC1C(C)(C)C. The van der Waals surface area contributed by atoms with Gasteiger partial charge in [-0.2, -0.15) is 0 Å². The molecule has 0 bridgehead atoms. The number of hydrogen-bond donors (Lipinski definition) is 0. The molecule has 0 aromatic carbocycles. The van der Waals surface area contributed by atoms with E-state index in [0.717, 1.165) is 19.3 Å². The molecule has 0 aliphatic heterocycles. The van der Waals surface area contributed by atoms with Crippen molar-refractivity contribution >= 4 is 0 Å². The van der Waals surface area contributed by atoms with Gasteiger partial charge < -0.3 is 0 Å². The van der Waals surface area contributed by atoms with E-state index in [9.17, 15) is 4.39 Å². The molecule has 0 nitrogen and oxygen atoms in total. The van der Waals surface area contributed by atoms with Crippen molar-refractivity contribution in [1.82, 2.24) is 0 Å². The Bertz CT molecular complexity index is 176. The highest BCUT2D eigenvalue weighted by atomic mass is 19.1. The van der Waals surface area contributed by atoms with Crippen LogP contribution in [-0.4, -0.2) is 5.67 Å². The van der Waals surface area contributed by atoms with Crippen LogP contribution in [0.2, 0.25) is 0 Å². The maximum Gasteiger partial charge on any atom is 0.108 e. The molecule has 1 heteroatoms. The summed E-state index contributed by atoms with van der Waals surface area (Å²) in [5.74, 6) is 1.22. The normalized spacial score (nSPS) is 42.0. The van der Waals surface area contributed by atoms with Crippen LogP contribution in [0, 0.1) is 17.3 Å². The van der Waals surface area contributed by atoms with Crippen molar-refractivity contribution < 1.29 is 4.39 Å². The van der Waals surface area contributed by atoms with Gasteiger partial charge in [-0.3, -0.25) is 0 Å². The summed E-state index contributed by atoms with van der Waals surface area (Å²) in [6, 6.07) is 0. The molecule has 0 saturated heterocycles. The first-order valence-corrected chi connectivity index (χ1v) is 5.41. The van der Waals surface area contributed by atoms with E-state index in [4.69, 9.17) is 0 Å². The second-order valence-electron chi connectivity index (χ2n) is 6.11. The Morgan fingerprint density at radius 1 is 1.31 bits per heavy atom. The first-order chi connectivity index (χ1) is 5.72. The molecule has 78 valence electrons. The molecule has 0 aromatic heterocycles. The fourth-order valence-corrected chi connectivity index (χ4v) is 2.94. The van der Waals surface area contributed by atoms with Crippen molar-refractivity contribution in [2.24, 2.45) is 17.3 Å². The van der Waals surface area contributed by atoms with Crippen LogP contribution in [0.25, 0.3) is 0 Å².